The predicted octanol–water partition coefficient (Wildman–Crippen LogP) is 1.07. The van der Waals surface area contributed by atoms with Crippen LogP contribution in [0.15, 0.2) is 0 Å². The Morgan fingerprint density at radius 2 is 2.00 bits per heavy atom. The van der Waals surface area contributed by atoms with Crippen LogP contribution >= 0.6 is 0 Å². The van der Waals surface area contributed by atoms with Gasteiger partial charge in [-0.1, -0.05) is 0 Å². The lowest BCUT2D eigenvalue weighted by atomic mass is 9.97. The third-order valence-corrected chi connectivity index (χ3v) is 0.655. The summed E-state index contributed by atoms with van der Waals surface area (Å²) in [6.07, 6.45) is 0. The van der Waals surface area contributed by atoms with Crippen LogP contribution in [0.5, 0.6) is 0 Å². The Hall–Kier alpha value is -0.170. The minimum Gasteiger partial charge on any atom is -0.315 e. The Morgan fingerprint density at radius 3 is 2.00 bits per heavy atom. The molecule has 0 aromatic heterocycles. The van der Waals surface area contributed by atoms with E-state index in [0.29, 0.717) is 0 Å². The maximum absolute atomic E-state index is 3.90. The summed E-state index contributed by atoms with van der Waals surface area (Å²) >= 11 is 0. The first kappa shape index (κ1) is 6.83. The second-order valence-electron chi connectivity index (χ2n) is 2.69. The molecule has 0 heterocycles. The molecular weight excluding hydrogens is 86.1 g/mol. The van der Waals surface area contributed by atoms with E-state index in [1.165, 1.54) is 0 Å². The van der Waals surface area contributed by atoms with Crippen LogP contribution in [0.1, 0.15) is 13.8 Å². The van der Waals surface area contributed by atoms with E-state index in [-0.39, 0.29) is 5.41 Å². The Morgan fingerprint density at radius 1 is 1.57 bits per heavy atom. The number of hydrogen-bond acceptors (Lipinski definition) is 1. The molecule has 1 N–H and O–H groups in total. The monoisotopic (exact) mass is 100 g/mol. The van der Waals surface area contributed by atoms with Crippen LogP contribution in [-0.4, -0.2) is 13.6 Å². The molecule has 0 unspecified atom stereocenters. The van der Waals surface area contributed by atoms with Crippen molar-refractivity contribution in [2.45, 2.75) is 13.8 Å². The van der Waals surface area contributed by atoms with Crippen molar-refractivity contribution in [2.75, 3.05) is 13.6 Å². The van der Waals surface area contributed by atoms with Crippen LogP contribution in [0.4, 0.5) is 0 Å². The molecule has 0 aliphatic rings. The maximum atomic E-state index is 3.90. The Kier molecular flexibility index (Phi) is 2.16. The quantitative estimate of drug-likeness (QED) is 0.512. The van der Waals surface area contributed by atoms with Gasteiger partial charge < -0.3 is 5.32 Å². The Bertz CT molecular complexity index is 42.6. The van der Waals surface area contributed by atoms with Crippen molar-refractivity contribution in [3.05, 3.63) is 6.92 Å². The molecule has 0 aromatic rings. The van der Waals surface area contributed by atoms with Gasteiger partial charge in [-0.2, -0.15) is 0 Å². The topological polar surface area (TPSA) is 12.0 Å². The van der Waals surface area contributed by atoms with Crippen molar-refractivity contribution in [1.29, 1.82) is 0 Å². The van der Waals surface area contributed by atoms with Gasteiger partial charge in [0.15, 0.2) is 0 Å². The molecule has 0 aliphatic carbocycles. The number of hydrogen-bond donors (Lipinski definition) is 1. The van der Waals surface area contributed by atoms with E-state index < -0.39 is 0 Å². The largest absolute Gasteiger partial charge is 0.315 e. The molecule has 0 saturated heterocycles. The molecule has 0 radical (unpaired) electrons. The van der Waals surface area contributed by atoms with Gasteiger partial charge in [-0.3, -0.25) is 0 Å². The van der Waals surface area contributed by atoms with Crippen LogP contribution in [0, 0.1) is 12.3 Å². The fourth-order valence-electron chi connectivity index (χ4n) is 0.479. The van der Waals surface area contributed by atoms with Crippen molar-refractivity contribution in [1.82, 2.24) is 5.32 Å². The van der Waals surface area contributed by atoms with Crippen LogP contribution < -0.4 is 5.32 Å². The fourth-order valence-corrected chi connectivity index (χ4v) is 0.479. The van der Waals surface area contributed by atoms with E-state index in [1.54, 1.807) is 0 Å². The lowest BCUT2D eigenvalue weighted by Gasteiger charge is -2.07. The molecule has 0 aromatic carbocycles. The molecule has 0 atom stereocenters. The lowest BCUT2D eigenvalue weighted by molar-refractivity contribution is 0.450. The lowest BCUT2D eigenvalue weighted by Crippen LogP contribution is -2.23. The summed E-state index contributed by atoms with van der Waals surface area (Å²) in [7, 11) is 1.94. The summed E-state index contributed by atoms with van der Waals surface area (Å²) in [5.41, 5.74) is 0.189. The first-order valence-electron chi connectivity index (χ1n) is 2.56. The van der Waals surface area contributed by atoms with E-state index in [4.69, 9.17) is 0 Å². The molecule has 0 saturated carbocycles. The predicted molar refractivity (Wildman–Crippen MR) is 33.1 cm³/mol. The van der Waals surface area contributed by atoms with Crippen molar-refractivity contribution >= 4 is 0 Å². The van der Waals surface area contributed by atoms with Gasteiger partial charge in [-0.25, -0.2) is 0 Å². The highest BCUT2D eigenvalue weighted by atomic mass is 14.8. The molecule has 0 aliphatic heterocycles. The third-order valence-electron chi connectivity index (χ3n) is 0.655. The first-order valence-corrected chi connectivity index (χ1v) is 2.56. The zero-order valence-electron chi connectivity index (χ0n) is 5.41. The van der Waals surface area contributed by atoms with Gasteiger partial charge in [0, 0.05) is 6.54 Å². The maximum Gasteiger partial charge on any atom is 0.112 e. The van der Waals surface area contributed by atoms with Crippen molar-refractivity contribution in [2.24, 2.45) is 5.41 Å². The fraction of sp³-hybridized carbons (Fsp3) is 0.833. The van der Waals surface area contributed by atoms with E-state index in [1.807, 2.05) is 7.05 Å². The minimum atomic E-state index is 0.189. The standard InChI is InChI=1S/C6H14N/c1-6(2,3)5-7-4/h7H,1,5H2,2-4H3/q+1. The summed E-state index contributed by atoms with van der Waals surface area (Å²) in [6.45, 7) is 9.08. The highest BCUT2D eigenvalue weighted by Gasteiger charge is 2.15. The molecule has 0 amide bonds. The molecule has 42 valence electrons. The number of rotatable bonds is 2. The van der Waals surface area contributed by atoms with E-state index in [0.717, 1.165) is 6.54 Å². The van der Waals surface area contributed by atoms with Gasteiger partial charge in [0.05, 0.1) is 6.92 Å². The number of nitrogens with one attached hydrogen (secondary N) is 1. The molecule has 0 spiro atoms. The molecule has 1 heteroatoms. The summed E-state index contributed by atoms with van der Waals surface area (Å²) in [6, 6.07) is 0. The second kappa shape index (κ2) is 2.22. The van der Waals surface area contributed by atoms with Crippen LogP contribution in [0.2, 0.25) is 0 Å². The summed E-state index contributed by atoms with van der Waals surface area (Å²) in [5, 5.41) is 3.05. The van der Waals surface area contributed by atoms with Gasteiger partial charge >= 0.3 is 0 Å². The highest BCUT2D eigenvalue weighted by molar-refractivity contribution is 4.71. The Labute approximate surface area is 46.1 Å². The highest BCUT2D eigenvalue weighted by Crippen LogP contribution is 2.08. The Balaban J connectivity index is 3.15. The van der Waals surface area contributed by atoms with Crippen LogP contribution in [0.25, 0.3) is 0 Å². The smallest absolute Gasteiger partial charge is 0.112 e. The summed E-state index contributed by atoms with van der Waals surface area (Å²) in [4.78, 5) is 0. The van der Waals surface area contributed by atoms with Gasteiger partial charge in [0.2, 0.25) is 0 Å². The van der Waals surface area contributed by atoms with E-state index in [2.05, 4.69) is 26.1 Å². The average Bonchev–Trinajstić information content (AvgIpc) is 1.30. The summed E-state index contributed by atoms with van der Waals surface area (Å²) < 4.78 is 0. The van der Waals surface area contributed by atoms with Gasteiger partial charge in [-0.15, -0.1) is 0 Å². The molecule has 0 bridgehead atoms. The van der Waals surface area contributed by atoms with Gasteiger partial charge in [0.25, 0.3) is 0 Å². The van der Waals surface area contributed by atoms with Crippen molar-refractivity contribution < 1.29 is 0 Å². The van der Waals surface area contributed by atoms with E-state index >= 15 is 0 Å². The SMILES string of the molecule is [CH2+]C(C)(C)CNC. The first-order chi connectivity index (χ1) is 3.06. The van der Waals surface area contributed by atoms with Crippen molar-refractivity contribution in [3.63, 3.8) is 0 Å². The molecule has 7 heavy (non-hydrogen) atoms. The molecular formula is C6H14N+. The molecule has 0 rings (SSSR count). The van der Waals surface area contributed by atoms with Crippen LogP contribution in [-0.2, 0) is 0 Å². The zero-order valence-corrected chi connectivity index (χ0v) is 5.41. The van der Waals surface area contributed by atoms with Crippen LogP contribution in [0.3, 0.4) is 0 Å². The van der Waals surface area contributed by atoms with Gasteiger partial charge in [-0.05, 0) is 20.9 Å². The molecule has 0 fully saturated rings. The van der Waals surface area contributed by atoms with E-state index in [9.17, 15) is 0 Å². The third kappa shape index (κ3) is 5.83. The molecule has 1 nitrogen and oxygen atoms in total. The van der Waals surface area contributed by atoms with Crippen molar-refractivity contribution in [3.8, 4) is 0 Å². The average molecular weight is 100 g/mol. The zero-order chi connectivity index (χ0) is 5.91. The summed E-state index contributed by atoms with van der Waals surface area (Å²) in [5.74, 6) is 0. The minimum absolute atomic E-state index is 0.189. The second-order valence-corrected chi connectivity index (χ2v) is 2.69. The normalized spacial score (nSPS) is 11.9. The van der Waals surface area contributed by atoms with Gasteiger partial charge in [0.1, 0.15) is 5.41 Å².